The summed E-state index contributed by atoms with van der Waals surface area (Å²) in [4.78, 5) is 28.6. The number of H-pyrrole nitrogens is 1. The number of hydrogen-bond donors (Lipinski definition) is 2. The molecular weight excluding hydrogens is 252 g/mol. The molecule has 2 rings (SSSR count). The van der Waals surface area contributed by atoms with Crippen molar-refractivity contribution in [2.45, 2.75) is 20.4 Å². The van der Waals surface area contributed by atoms with Crippen molar-refractivity contribution in [3.8, 4) is 0 Å². The van der Waals surface area contributed by atoms with Crippen LogP contribution in [-0.2, 0) is 11.3 Å². The SMILES string of the molecule is Cc1nn(CC(=O)Nc2ncc[nH]2)c(C)c1[N+](=O)[O-]. The normalized spacial score (nSPS) is 10.4. The van der Waals surface area contributed by atoms with E-state index in [1.807, 2.05) is 0 Å². The summed E-state index contributed by atoms with van der Waals surface area (Å²) >= 11 is 0. The van der Waals surface area contributed by atoms with Gasteiger partial charge in [-0.3, -0.25) is 24.9 Å². The average molecular weight is 264 g/mol. The molecule has 9 nitrogen and oxygen atoms in total. The molecule has 0 aliphatic rings. The Morgan fingerprint density at radius 2 is 2.32 bits per heavy atom. The van der Waals surface area contributed by atoms with E-state index in [4.69, 9.17) is 0 Å². The van der Waals surface area contributed by atoms with Crippen LogP contribution in [0.5, 0.6) is 0 Å². The molecule has 0 bridgehead atoms. The number of amides is 1. The van der Waals surface area contributed by atoms with E-state index < -0.39 is 4.92 Å². The smallest absolute Gasteiger partial charge is 0.312 e. The highest BCUT2D eigenvalue weighted by molar-refractivity contribution is 5.88. The van der Waals surface area contributed by atoms with Crippen LogP contribution in [-0.4, -0.2) is 30.6 Å². The fourth-order valence-electron chi connectivity index (χ4n) is 1.75. The maximum Gasteiger partial charge on any atom is 0.312 e. The van der Waals surface area contributed by atoms with Crippen molar-refractivity contribution >= 4 is 17.5 Å². The molecule has 0 atom stereocenters. The minimum Gasteiger partial charge on any atom is -0.331 e. The summed E-state index contributed by atoms with van der Waals surface area (Å²) < 4.78 is 1.30. The zero-order valence-corrected chi connectivity index (χ0v) is 10.4. The van der Waals surface area contributed by atoms with Crippen LogP contribution in [0.3, 0.4) is 0 Å². The van der Waals surface area contributed by atoms with Gasteiger partial charge in [-0.2, -0.15) is 5.10 Å². The Kier molecular flexibility index (Phi) is 3.27. The summed E-state index contributed by atoms with van der Waals surface area (Å²) in [5.41, 5.74) is 0.566. The molecule has 19 heavy (non-hydrogen) atoms. The van der Waals surface area contributed by atoms with E-state index in [0.29, 0.717) is 11.6 Å². The van der Waals surface area contributed by atoms with Crippen LogP contribution in [0.2, 0.25) is 0 Å². The molecule has 0 aliphatic carbocycles. The van der Waals surface area contributed by atoms with Crippen LogP contribution in [0.25, 0.3) is 0 Å². The number of hydrogen-bond acceptors (Lipinski definition) is 5. The van der Waals surface area contributed by atoms with Gasteiger partial charge in [0.1, 0.15) is 17.9 Å². The Bertz CT molecular complexity index is 615. The second kappa shape index (κ2) is 4.88. The number of nitrogens with zero attached hydrogens (tertiary/aromatic N) is 4. The van der Waals surface area contributed by atoms with Crippen LogP contribution in [0, 0.1) is 24.0 Å². The molecule has 2 heterocycles. The molecule has 0 unspecified atom stereocenters. The third-order valence-corrected chi connectivity index (χ3v) is 2.58. The number of aromatic amines is 1. The van der Waals surface area contributed by atoms with Gasteiger partial charge in [-0.05, 0) is 13.8 Å². The number of aryl methyl sites for hydroxylation is 1. The lowest BCUT2D eigenvalue weighted by Gasteiger charge is -2.03. The second-order valence-electron chi connectivity index (χ2n) is 3.92. The van der Waals surface area contributed by atoms with Gasteiger partial charge in [-0.15, -0.1) is 0 Å². The van der Waals surface area contributed by atoms with Gasteiger partial charge in [-0.1, -0.05) is 0 Å². The van der Waals surface area contributed by atoms with Crippen molar-refractivity contribution in [1.29, 1.82) is 0 Å². The van der Waals surface area contributed by atoms with Crippen LogP contribution in [0.1, 0.15) is 11.4 Å². The predicted molar refractivity (Wildman–Crippen MR) is 65.6 cm³/mol. The van der Waals surface area contributed by atoms with E-state index in [9.17, 15) is 14.9 Å². The fourth-order valence-corrected chi connectivity index (χ4v) is 1.75. The Hall–Kier alpha value is -2.71. The molecule has 0 saturated carbocycles. The van der Waals surface area contributed by atoms with E-state index >= 15 is 0 Å². The number of nitro groups is 1. The monoisotopic (exact) mass is 264 g/mol. The molecular formula is C10H12N6O3. The zero-order chi connectivity index (χ0) is 14.0. The van der Waals surface area contributed by atoms with Crippen LogP contribution >= 0.6 is 0 Å². The van der Waals surface area contributed by atoms with Gasteiger partial charge in [0.2, 0.25) is 11.9 Å². The summed E-state index contributed by atoms with van der Waals surface area (Å²) in [6, 6.07) is 0. The third-order valence-electron chi connectivity index (χ3n) is 2.58. The number of imidazole rings is 1. The average Bonchev–Trinajstić information content (AvgIpc) is 2.88. The fraction of sp³-hybridized carbons (Fsp3) is 0.300. The molecule has 0 aliphatic heterocycles. The third kappa shape index (κ3) is 2.59. The minimum atomic E-state index is -0.501. The lowest BCUT2D eigenvalue weighted by Crippen LogP contribution is -2.21. The van der Waals surface area contributed by atoms with E-state index in [1.54, 1.807) is 13.1 Å². The first-order valence-corrected chi connectivity index (χ1v) is 5.46. The van der Waals surface area contributed by atoms with E-state index in [-0.39, 0.29) is 23.8 Å². The zero-order valence-electron chi connectivity index (χ0n) is 10.4. The highest BCUT2D eigenvalue weighted by atomic mass is 16.6. The summed E-state index contributed by atoms with van der Waals surface area (Å²) in [6.45, 7) is 2.98. The van der Waals surface area contributed by atoms with E-state index in [0.717, 1.165) is 0 Å². The van der Waals surface area contributed by atoms with Gasteiger partial charge in [0.05, 0.1) is 4.92 Å². The Balaban J connectivity index is 2.13. The maximum atomic E-state index is 11.7. The van der Waals surface area contributed by atoms with Gasteiger partial charge in [0.25, 0.3) is 0 Å². The highest BCUT2D eigenvalue weighted by Gasteiger charge is 2.22. The van der Waals surface area contributed by atoms with Crippen molar-refractivity contribution in [1.82, 2.24) is 19.7 Å². The molecule has 0 fully saturated rings. The molecule has 0 aromatic carbocycles. The number of nitrogens with one attached hydrogen (secondary N) is 2. The number of anilines is 1. The first kappa shape index (κ1) is 12.7. The summed E-state index contributed by atoms with van der Waals surface area (Å²) in [7, 11) is 0. The van der Waals surface area contributed by atoms with Crippen LogP contribution < -0.4 is 5.32 Å². The van der Waals surface area contributed by atoms with Crippen molar-refractivity contribution in [3.05, 3.63) is 33.9 Å². The Morgan fingerprint density at radius 1 is 1.58 bits per heavy atom. The van der Waals surface area contributed by atoms with Gasteiger partial charge in [0, 0.05) is 12.4 Å². The first-order chi connectivity index (χ1) is 8.99. The number of carbonyl (C=O) groups is 1. The summed E-state index contributed by atoms with van der Waals surface area (Å²) in [6.07, 6.45) is 3.08. The number of rotatable bonds is 4. The molecule has 9 heteroatoms. The molecule has 0 radical (unpaired) electrons. The number of carbonyl (C=O) groups excluding carboxylic acids is 1. The Morgan fingerprint density at radius 3 is 2.84 bits per heavy atom. The quantitative estimate of drug-likeness (QED) is 0.624. The minimum absolute atomic E-state index is 0.0641. The van der Waals surface area contributed by atoms with E-state index in [2.05, 4.69) is 20.4 Å². The van der Waals surface area contributed by atoms with E-state index in [1.165, 1.54) is 17.8 Å². The first-order valence-electron chi connectivity index (χ1n) is 5.46. The van der Waals surface area contributed by atoms with Gasteiger partial charge in [-0.25, -0.2) is 4.98 Å². The van der Waals surface area contributed by atoms with Gasteiger partial charge < -0.3 is 4.98 Å². The lowest BCUT2D eigenvalue weighted by molar-refractivity contribution is -0.386. The van der Waals surface area contributed by atoms with Crippen molar-refractivity contribution in [2.75, 3.05) is 5.32 Å². The predicted octanol–water partition coefficient (Wildman–Crippen LogP) is 0.770. The van der Waals surface area contributed by atoms with Crippen molar-refractivity contribution in [3.63, 3.8) is 0 Å². The molecule has 2 N–H and O–H groups in total. The van der Waals surface area contributed by atoms with Crippen LogP contribution in [0.15, 0.2) is 12.4 Å². The maximum absolute atomic E-state index is 11.7. The highest BCUT2D eigenvalue weighted by Crippen LogP contribution is 2.21. The Labute approximate surface area is 107 Å². The van der Waals surface area contributed by atoms with Crippen molar-refractivity contribution < 1.29 is 9.72 Å². The van der Waals surface area contributed by atoms with Crippen LogP contribution in [0.4, 0.5) is 11.6 Å². The standard InChI is InChI=1S/C10H12N6O3/c1-6-9(16(18)19)7(2)15(14-6)5-8(17)13-10-11-3-4-12-10/h3-4H,5H2,1-2H3,(H2,11,12,13,17). The molecule has 2 aromatic heterocycles. The molecule has 0 spiro atoms. The molecule has 2 aromatic rings. The molecule has 100 valence electrons. The summed E-state index contributed by atoms with van der Waals surface area (Å²) in [5.74, 6) is -0.0449. The van der Waals surface area contributed by atoms with Gasteiger partial charge >= 0.3 is 5.69 Å². The topological polar surface area (TPSA) is 119 Å². The number of aromatic nitrogens is 4. The second-order valence-corrected chi connectivity index (χ2v) is 3.92. The molecule has 0 saturated heterocycles. The molecule has 1 amide bonds. The summed E-state index contributed by atoms with van der Waals surface area (Å²) in [5, 5.41) is 17.3. The van der Waals surface area contributed by atoms with Gasteiger partial charge in [0.15, 0.2) is 0 Å². The lowest BCUT2D eigenvalue weighted by atomic mass is 10.3. The largest absolute Gasteiger partial charge is 0.331 e. The van der Waals surface area contributed by atoms with Crippen molar-refractivity contribution in [2.24, 2.45) is 0 Å².